The highest BCUT2D eigenvalue weighted by molar-refractivity contribution is 5.77. The van der Waals surface area contributed by atoms with Gasteiger partial charge < -0.3 is 4.74 Å². The number of methoxy groups -OCH3 is 1. The molecule has 1 aliphatic rings. The van der Waals surface area contributed by atoms with E-state index >= 15 is 0 Å². The van der Waals surface area contributed by atoms with Crippen LogP contribution in [-0.2, 0) is 9.53 Å². The first-order valence-corrected chi connectivity index (χ1v) is 5.25. The number of ether oxygens (including phenoxy) is 1. The molecule has 0 radical (unpaired) electrons. The van der Waals surface area contributed by atoms with Crippen LogP contribution in [0.3, 0.4) is 0 Å². The molecule has 1 saturated carbocycles. The third kappa shape index (κ3) is 1.84. The Hall–Kier alpha value is -0.790. The Morgan fingerprint density at radius 3 is 2.71 bits per heavy atom. The van der Waals surface area contributed by atoms with E-state index in [0.717, 1.165) is 12.8 Å². The van der Waals surface area contributed by atoms with Gasteiger partial charge in [-0.1, -0.05) is 19.1 Å². The maximum atomic E-state index is 11.7. The molecule has 3 atom stereocenters. The lowest BCUT2D eigenvalue weighted by Gasteiger charge is -2.26. The van der Waals surface area contributed by atoms with Crippen LogP contribution in [0.5, 0.6) is 0 Å². The molecule has 80 valence electrons. The number of carbonyl (C=O) groups excluding carboxylic acids is 1. The molecule has 0 aromatic heterocycles. The topological polar surface area (TPSA) is 26.3 Å². The van der Waals surface area contributed by atoms with Crippen LogP contribution in [0.15, 0.2) is 12.2 Å². The highest BCUT2D eigenvalue weighted by Gasteiger charge is 2.47. The second-order valence-electron chi connectivity index (χ2n) is 4.59. The molecule has 1 rings (SSSR count). The first-order chi connectivity index (χ1) is 6.54. The fourth-order valence-electron chi connectivity index (χ4n) is 2.64. The maximum Gasteiger partial charge on any atom is 0.312 e. The minimum absolute atomic E-state index is 0.0649. The Bertz CT molecular complexity index is 245. The number of esters is 1. The fourth-order valence-corrected chi connectivity index (χ4v) is 2.64. The van der Waals surface area contributed by atoms with E-state index in [1.165, 1.54) is 7.11 Å². The number of hydrogen-bond donors (Lipinski definition) is 0. The van der Waals surface area contributed by atoms with Crippen LogP contribution in [-0.4, -0.2) is 13.1 Å². The van der Waals surface area contributed by atoms with Gasteiger partial charge >= 0.3 is 5.97 Å². The summed E-state index contributed by atoms with van der Waals surface area (Å²) in [5, 5.41) is 0. The summed E-state index contributed by atoms with van der Waals surface area (Å²) in [6.07, 6.45) is 6.20. The van der Waals surface area contributed by atoms with Gasteiger partial charge in [-0.25, -0.2) is 0 Å². The molecule has 0 heterocycles. The summed E-state index contributed by atoms with van der Waals surface area (Å²) < 4.78 is 4.89. The minimum atomic E-state index is -0.305. The first kappa shape index (κ1) is 11.3. The Morgan fingerprint density at radius 1 is 1.57 bits per heavy atom. The van der Waals surface area contributed by atoms with Crippen molar-refractivity contribution in [1.82, 2.24) is 0 Å². The summed E-state index contributed by atoms with van der Waals surface area (Å²) in [5.74, 6) is 0.889. The van der Waals surface area contributed by atoms with Gasteiger partial charge in [-0.15, -0.1) is 0 Å². The Balaban J connectivity index is 2.88. The molecule has 2 nitrogen and oxygen atoms in total. The third-order valence-electron chi connectivity index (χ3n) is 3.32. The lowest BCUT2D eigenvalue weighted by atomic mass is 9.79. The summed E-state index contributed by atoms with van der Waals surface area (Å²) in [7, 11) is 1.48. The molecule has 2 heteroatoms. The van der Waals surface area contributed by atoms with Gasteiger partial charge in [0.05, 0.1) is 12.5 Å². The normalized spacial score (nSPS) is 37.7. The molecule has 0 amide bonds. The number of hydrogen-bond acceptors (Lipinski definition) is 2. The van der Waals surface area contributed by atoms with Gasteiger partial charge in [0.15, 0.2) is 0 Å². The summed E-state index contributed by atoms with van der Waals surface area (Å²) in [5.41, 5.74) is -0.305. The molecule has 0 saturated heterocycles. The van der Waals surface area contributed by atoms with Gasteiger partial charge in [0.2, 0.25) is 0 Å². The van der Waals surface area contributed by atoms with Gasteiger partial charge in [0.1, 0.15) is 0 Å². The van der Waals surface area contributed by atoms with Crippen LogP contribution in [0.4, 0.5) is 0 Å². The van der Waals surface area contributed by atoms with Gasteiger partial charge in [-0.3, -0.25) is 4.79 Å². The SMILES string of the molecule is C/C=C/C1CC(C)CC1(C)C(=O)OC. The van der Waals surface area contributed by atoms with Crippen LogP contribution in [0, 0.1) is 17.3 Å². The van der Waals surface area contributed by atoms with Gasteiger partial charge in [0, 0.05) is 0 Å². The molecule has 1 fully saturated rings. The van der Waals surface area contributed by atoms with Gasteiger partial charge in [-0.2, -0.15) is 0 Å². The van der Waals surface area contributed by atoms with Crippen molar-refractivity contribution >= 4 is 5.97 Å². The van der Waals surface area contributed by atoms with Crippen molar-refractivity contribution in [1.29, 1.82) is 0 Å². The summed E-state index contributed by atoms with van der Waals surface area (Å²) in [6.45, 7) is 6.22. The number of rotatable bonds is 2. The second-order valence-corrected chi connectivity index (χ2v) is 4.59. The molecule has 0 spiro atoms. The van der Waals surface area contributed by atoms with Crippen LogP contribution >= 0.6 is 0 Å². The Kier molecular flexibility index (Phi) is 3.35. The van der Waals surface area contributed by atoms with Crippen molar-refractivity contribution in [2.45, 2.75) is 33.6 Å². The molecule has 0 N–H and O–H groups in total. The molecule has 0 aromatic rings. The van der Waals surface area contributed by atoms with Crippen LogP contribution in [0.1, 0.15) is 33.6 Å². The Morgan fingerprint density at radius 2 is 2.21 bits per heavy atom. The van der Waals surface area contributed by atoms with E-state index in [-0.39, 0.29) is 11.4 Å². The quantitative estimate of drug-likeness (QED) is 0.501. The van der Waals surface area contributed by atoms with E-state index in [2.05, 4.69) is 13.0 Å². The number of carbonyl (C=O) groups is 1. The highest BCUT2D eigenvalue weighted by atomic mass is 16.5. The molecule has 0 aliphatic heterocycles. The third-order valence-corrected chi connectivity index (χ3v) is 3.32. The van der Waals surface area contributed by atoms with Gasteiger partial charge in [0.25, 0.3) is 0 Å². The zero-order chi connectivity index (χ0) is 10.8. The predicted octanol–water partition coefficient (Wildman–Crippen LogP) is 2.79. The summed E-state index contributed by atoms with van der Waals surface area (Å²) in [4.78, 5) is 11.7. The van der Waals surface area contributed by atoms with Gasteiger partial charge in [-0.05, 0) is 38.5 Å². The monoisotopic (exact) mass is 196 g/mol. The van der Waals surface area contributed by atoms with Crippen LogP contribution < -0.4 is 0 Å². The molecule has 1 aliphatic carbocycles. The fraction of sp³-hybridized carbons (Fsp3) is 0.750. The molecule has 14 heavy (non-hydrogen) atoms. The van der Waals surface area contributed by atoms with E-state index in [1.807, 2.05) is 19.9 Å². The van der Waals surface area contributed by atoms with Crippen molar-refractivity contribution < 1.29 is 9.53 Å². The van der Waals surface area contributed by atoms with E-state index in [9.17, 15) is 4.79 Å². The zero-order valence-electron chi connectivity index (χ0n) is 9.54. The lowest BCUT2D eigenvalue weighted by Crippen LogP contribution is -2.32. The maximum absolute atomic E-state index is 11.7. The van der Waals surface area contributed by atoms with Crippen LogP contribution in [0.25, 0.3) is 0 Å². The van der Waals surface area contributed by atoms with Crippen molar-refractivity contribution in [2.75, 3.05) is 7.11 Å². The van der Waals surface area contributed by atoms with E-state index < -0.39 is 0 Å². The largest absolute Gasteiger partial charge is 0.469 e. The lowest BCUT2D eigenvalue weighted by molar-refractivity contribution is -0.153. The van der Waals surface area contributed by atoms with Crippen molar-refractivity contribution in [3.63, 3.8) is 0 Å². The van der Waals surface area contributed by atoms with Crippen LogP contribution in [0.2, 0.25) is 0 Å². The second kappa shape index (κ2) is 4.16. The first-order valence-electron chi connectivity index (χ1n) is 5.25. The molecule has 0 bridgehead atoms. The predicted molar refractivity (Wildman–Crippen MR) is 56.8 cm³/mol. The molecule has 3 unspecified atom stereocenters. The summed E-state index contributed by atoms with van der Waals surface area (Å²) in [6, 6.07) is 0. The smallest absolute Gasteiger partial charge is 0.312 e. The summed E-state index contributed by atoms with van der Waals surface area (Å²) >= 11 is 0. The molecule has 0 aromatic carbocycles. The van der Waals surface area contributed by atoms with Crippen molar-refractivity contribution in [3.05, 3.63) is 12.2 Å². The van der Waals surface area contributed by atoms with Crippen molar-refractivity contribution in [2.24, 2.45) is 17.3 Å². The minimum Gasteiger partial charge on any atom is -0.469 e. The standard InChI is InChI=1S/C12H20O2/c1-5-6-10-7-9(2)8-12(10,3)11(13)14-4/h5-6,9-10H,7-8H2,1-4H3/b6-5+. The van der Waals surface area contributed by atoms with E-state index in [4.69, 9.17) is 4.74 Å². The van der Waals surface area contributed by atoms with E-state index in [1.54, 1.807) is 0 Å². The average Bonchev–Trinajstić information content (AvgIpc) is 2.42. The highest BCUT2D eigenvalue weighted by Crippen LogP contribution is 2.47. The van der Waals surface area contributed by atoms with Crippen molar-refractivity contribution in [3.8, 4) is 0 Å². The molecular formula is C12H20O2. The molecular weight excluding hydrogens is 176 g/mol. The van der Waals surface area contributed by atoms with E-state index in [0.29, 0.717) is 11.8 Å². The number of allylic oxidation sites excluding steroid dienone is 2. The zero-order valence-corrected chi connectivity index (χ0v) is 9.54. The Labute approximate surface area is 86.3 Å². The average molecular weight is 196 g/mol.